The van der Waals surface area contributed by atoms with Gasteiger partial charge in [-0.1, -0.05) is 26.0 Å². The molecule has 1 nitrogen and oxygen atoms in total. The zero-order valence-electron chi connectivity index (χ0n) is 10.7. The molecule has 2 aromatic rings. The quantitative estimate of drug-likeness (QED) is 0.749. The van der Waals surface area contributed by atoms with Crippen molar-refractivity contribution in [3.05, 3.63) is 59.9 Å². The molecule has 0 aliphatic carbocycles. The van der Waals surface area contributed by atoms with E-state index in [-0.39, 0.29) is 5.82 Å². The summed E-state index contributed by atoms with van der Waals surface area (Å²) in [4.78, 5) is 0. The summed E-state index contributed by atoms with van der Waals surface area (Å²) in [5.41, 5.74) is 1.25. The highest BCUT2D eigenvalue weighted by Crippen LogP contribution is 2.23. The van der Waals surface area contributed by atoms with Crippen molar-refractivity contribution in [2.24, 2.45) is 5.92 Å². The standard InChI is InChI=1S/C16H17FO/c1-12(2)10-13-4-3-5-16(11-13)18-15-8-6-14(17)7-9-15/h3-9,11-12H,10H2,1-2H3. The fourth-order valence-corrected chi connectivity index (χ4v) is 1.85. The second kappa shape index (κ2) is 5.67. The molecule has 18 heavy (non-hydrogen) atoms. The highest BCUT2D eigenvalue weighted by molar-refractivity contribution is 5.34. The van der Waals surface area contributed by atoms with Crippen LogP contribution in [0, 0.1) is 11.7 Å². The molecule has 0 unspecified atom stereocenters. The molecule has 0 spiro atoms. The van der Waals surface area contributed by atoms with E-state index in [0.717, 1.165) is 12.2 Å². The molecule has 0 atom stereocenters. The van der Waals surface area contributed by atoms with Gasteiger partial charge in [-0.15, -0.1) is 0 Å². The lowest BCUT2D eigenvalue weighted by atomic mass is 10.0. The predicted molar refractivity (Wildman–Crippen MR) is 71.5 cm³/mol. The largest absolute Gasteiger partial charge is 0.457 e. The van der Waals surface area contributed by atoms with E-state index >= 15 is 0 Å². The molecule has 0 amide bonds. The van der Waals surface area contributed by atoms with Crippen LogP contribution in [0.4, 0.5) is 4.39 Å². The van der Waals surface area contributed by atoms with Gasteiger partial charge in [0.1, 0.15) is 17.3 Å². The van der Waals surface area contributed by atoms with Gasteiger partial charge in [-0.2, -0.15) is 0 Å². The molecule has 0 aliphatic heterocycles. The summed E-state index contributed by atoms with van der Waals surface area (Å²) in [5.74, 6) is 1.81. The van der Waals surface area contributed by atoms with Crippen LogP contribution < -0.4 is 4.74 Å². The van der Waals surface area contributed by atoms with Crippen LogP contribution in [-0.4, -0.2) is 0 Å². The molecule has 0 saturated carbocycles. The predicted octanol–water partition coefficient (Wildman–Crippen LogP) is 4.82. The Balaban J connectivity index is 2.11. The van der Waals surface area contributed by atoms with Crippen LogP contribution >= 0.6 is 0 Å². The molecular weight excluding hydrogens is 227 g/mol. The van der Waals surface area contributed by atoms with Crippen molar-refractivity contribution in [3.63, 3.8) is 0 Å². The smallest absolute Gasteiger partial charge is 0.127 e. The summed E-state index contributed by atoms with van der Waals surface area (Å²) in [6.45, 7) is 4.38. The fraction of sp³-hybridized carbons (Fsp3) is 0.250. The highest BCUT2D eigenvalue weighted by Gasteiger charge is 2.01. The Morgan fingerprint density at radius 3 is 2.39 bits per heavy atom. The highest BCUT2D eigenvalue weighted by atomic mass is 19.1. The van der Waals surface area contributed by atoms with Gasteiger partial charge in [-0.05, 0) is 54.3 Å². The minimum Gasteiger partial charge on any atom is -0.457 e. The third-order valence-corrected chi connectivity index (χ3v) is 2.59. The Bertz CT molecular complexity index is 503. The van der Waals surface area contributed by atoms with E-state index in [1.165, 1.54) is 17.7 Å². The Morgan fingerprint density at radius 2 is 1.72 bits per heavy atom. The topological polar surface area (TPSA) is 9.23 Å². The van der Waals surface area contributed by atoms with Gasteiger partial charge in [0.25, 0.3) is 0 Å². The lowest BCUT2D eigenvalue weighted by molar-refractivity contribution is 0.479. The molecule has 94 valence electrons. The Labute approximate surface area is 107 Å². The van der Waals surface area contributed by atoms with E-state index in [0.29, 0.717) is 11.7 Å². The van der Waals surface area contributed by atoms with Gasteiger partial charge in [0, 0.05) is 0 Å². The number of halogens is 1. The van der Waals surface area contributed by atoms with Crippen molar-refractivity contribution in [2.45, 2.75) is 20.3 Å². The van der Waals surface area contributed by atoms with Gasteiger partial charge in [-0.3, -0.25) is 0 Å². The maximum absolute atomic E-state index is 12.8. The molecule has 2 rings (SSSR count). The van der Waals surface area contributed by atoms with E-state index in [1.807, 2.05) is 18.2 Å². The molecule has 0 fully saturated rings. The third-order valence-electron chi connectivity index (χ3n) is 2.59. The van der Waals surface area contributed by atoms with Gasteiger partial charge < -0.3 is 4.74 Å². The SMILES string of the molecule is CC(C)Cc1cccc(Oc2ccc(F)cc2)c1. The van der Waals surface area contributed by atoms with E-state index < -0.39 is 0 Å². The van der Waals surface area contributed by atoms with Crippen LogP contribution in [0.1, 0.15) is 19.4 Å². The Kier molecular flexibility index (Phi) is 3.98. The van der Waals surface area contributed by atoms with Crippen LogP contribution in [0.15, 0.2) is 48.5 Å². The second-order valence-electron chi connectivity index (χ2n) is 4.80. The van der Waals surface area contributed by atoms with Crippen LogP contribution in [0.3, 0.4) is 0 Å². The first kappa shape index (κ1) is 12.6. The molecule has 0 N–H and O–H groups in total. The van der Waals surface area contributed by atoms with Crippen molar-refractivity contribution in [1.29, 1.82) is 0 Å². The summed E-state index contributed by atoms with van der Waals surface area (Å²) < 4.78 is 18.5. The number of ether oxygens (including phenoxy) is 1. The minimum absolute atomic E-state index is 0.254. The molecule has 2 aromatic carbocycles. The maximum atomic E-state index is 12.8. The molecule has 0 radical (unpaired) electrons. The number of benzene rings is 2. The van der Waals surface area contributed by atoms with Gasteiger partial charge >= 0.3 is 0 Å². The average molecular weight is 244 g/mol. The zero-order chi connectivity index (χ0) is 13.0. The summed E-state index contributed by atoms with van der Waals surface area (Å²) in [7, 11) is 0. The summed E-state index contributed by atoms with van der Waals surface area (Å²) >= 11 is 0. The normalized spacial score (nSPS) is 10.7. The molecule has 0 bridgehead atoms. The minimum atomic E-state index is -0.254. The molecule has 0 aromatic heterocycles. The summed E-state index contributed by atoms with van der Waals surface area (Å²) in [6.07, 6.45) is 1.03. The van der Waals surface area contributed by atoms with E-state index in [2.05, 4.69) is 19.9 Å². The Morgan fingerprint density at radius 1 is 1.00 bits per heavy atom. The Hall–Kier alpha value is -1.83. The van der Waals surface area contributed by atoms with Crippen molar-refractivity contribution in [1.82, 2.24) is 0 Å². The molecule has 0 aliphatic rings. The van der Waals surface area contributed by atoms with Crippen LogP contribution in [0.5, 0.6) is 11.5 Å². The molecule has 0 heterocycles. The van der Waals surface area contributed by atoms with Gasteiger partial charge in [-0.25, -0.2) is 4.39 Å². The number of rotatable bonds is 4. The molecule has 0 saturated heterocycles. The van der Waals surface area contributed by atoms with E-state index in [9.17, 15) is 4.39 Å². The lowest BCUT2D eigenvalue weighted by Gasteiger charge is -2.09. The number of hydrogen-bond donors (Lipinski definition) is 0. The van der Waals surface area contributed by atoms with Crippen molar-refractivity contribution in [3.8, 4) is 11.5 Å². The monoisotopic (exact) mass is 244 g/mol. The van der Waals surface area contributed by atoms with Crippen molar-refractivity contribution < 1.29 is 9.13 Å². The summed E-state index contributed by atoms with van der Waals surface area (Å²) in [5, 5.41) is 0. The first-order valence-corrected chi connectivity index (χ1v) is 6.16. The second-order valence-corrected chi connectivity index (χ2v) is 4.80. The van der Waals surface area contributed by atoms with Crippen LogP contribution in [0.2, 0.25) is 0 Å². The average Bonchev–Trinajstić information content (AvgIpc) is 2.32. The molecule has 2 heteroatoms. The van der Waals surface area contributed by atoms with Gasteiger partial charge in [0.2, 0.25) is 0 Å². The number of hydrogen-bond acceptors (Lipinski definition) is 1. The van der Waals surface area contributed by atoms with E-state index in [1.54, 1.807) is 12.1 Å². The van der Waals surface area contributed by atoms with Gasteiger partial charge in [0.15, 0.2) is 0 Å². The first-order valence-electron chi connectivity index (χ1n) is 6.16. The van der Waals surface area contributed by atoms with Crippen molar-refractivity contribution in [2.75, 3.05) is 0 Å². The maximum Gasteiger partial charge on any atom is 0.127 e. The van der Waals surface area contributed by atoms with E-state index in [4.69, 9.17) is 4.74 Å². The van der Waals surface area contributed by atoms with Crippen LogP contribution in [0.25, 0.3) is 0 Å². The van der Waals surface area contributed by atoms with Crippen molar-refractivity contribution >= 4 is 0 Å². The molecular formula is C16H17FO. The lowest BCUT2D eigenvalue weighted by Crippen LogP contribution is -1.94. The van der Waals surface area contributed by atoms with Gasteiger partial charge in [0.05, 0.1) is 0 Å². The van der Waals surface area contributed by atoms with Crippen LogP contribution in [-0.2, 0) is 6.42 Å². The first-order chi connectivity index (χ1) is 8.63. The fourth-order valence-electron chi connectivity index (χ4n) is 1.85. The third kappa shape index (κ3) is 3.59. The summed E-state index contributed by atoms with van der Waals surface area (Å²) in [6, 6.07) is 14.1. The zero-order valence-corrected chi connectivity index (χ0v) is 10.7.